The molecule has 0 aliphatic heterocycles. The maximum atomic E-state index is 14.6. The van der Waals surface area contributed by atoms with Crippen LogP contribution < -0.4 is 16.6 Å². The molecule has 0 amide bonds. The number of benzene rings is 2. The van der Waals surface area contributed by atoms with Gasteiger partial charge in [0.2, 0.25) is 12.2 Å². The molecule has 2 aromatic carbocycles. The molecule has 170 valence electrons. The summed E-state index contributed by atoms with van der Waals surface area (Å²) >= 11 is 0. The quantitative estimate of drug-likeness (QED) is 0.391. The molecule has 0 radical (unpaired) electrons. The normalized spacial score (nSPS) is 12.1. The number of hydrogen-bond donors (Lipinski definition) is 2. The zero-order valence-corrected chi connectivity index (χ0v) is 18.0. The van der Waals surface area contributed by atoms with Crippen molar-refractivity contribution in [2.24, 2.45) is 0 Å². The molecule has 0 aliphatic rings. The van der Waals surface area contributed by atoms with Gasteiger partial charge in [0, 0.05) is 0 Å². The number of anilines is 2. The van der Waals surface area contributed by atoms with Crippen LogP contribution in [0.3, 0.4) is 0 Å². The molecule has 3 heterocycles. The second-order valence-corrected chi connectivity index (χ2v) is 7.42. The molecule has 1 atom stereocenters. The maximum Gasteiger partial charge on any atom is 0.269 e. The summed E-state index contributed by atoms with van der Waals surface area (Å²) in [6.45, 7) is 1.92. The van der Waals surface area contributed by atoms with E-state index in [9.17, 15) is 9.18 Å². The Morgan fingerprint density at radius 1 is 1.12 bits per heavy atom. The van der Waals surface area contributed by atoms with Gasteiger partial charge < -0.3 is 15.6 Å². The van der Waals surface area contributed by atoms with Gasteiger partial charge in [-0.3, -0.25) is 9.36 Å². The van der Waals surface area contributed by atoms with E-state index < -0.39 is 17.4 Å². The molecular formula is C23H19FN8O2. The van der Waals surface area contributed by atoms with Gasteiger partial charge in [-0.15, -0.1) is 0 Å². The smallest absolute Gasteiger partial charge is 0.269 e. The number of nitrogens with two attached hydrogens (primary N) is 1. The van der Waals surface area contributed by atoms with Gasteiger partial charge in [0.1, 0.15) is 40.6 Å². The fourth-order valence-electron chi connectivity index (χ4n) is 3.79. The number of rotatable bonds is 6. The lowest BCUT2D eigenvalue weighted by Gasteiger charge is -2.23. The number of nitrogens with one attached hydrogen (secondary N) is 1. The van der Waals surface area contributed by atoms with E-state index in [-0.39, 0.29) is 22.5 Å². The molecule has 5 rings (SSSR count). The van der Waals surface area contributed by atoms with Crippen LogP contribution in [0.25, 0.3) is 28.0 Å². The van der Waals surface area contributed by atoms with Gasteiger partial charge in [0.15, 0.2) is 0 Å². The van der Waals surface area contributed by atoms with Crippen LogP contribution in [0.5, 0.6) is 0 Å². The molecule has 5 aromatic rings. The molecule has 34 heavy (non-hydrogen) atoms. The summed E-state index contributed by atoms with van der Waals surface area (Å²) in [5.74, 6) is 0.462. The zero-order valence-electron chi connectivity index (χ0n) is 18.0. The monoisotopic (exact) mass is 458 g/mol. The summed E-state index contributed by atoms with van der Waals surface area (Å²) in [6, 6.07) is 12.8. The summed E-state index contributed by atoms with van der Waals surface area (Å²) < 4.78 is 20.9. The zero-order chi connectivity index (χ0) is 23.7. The molecule has 0 aliphatic carbocycles. The minimum absolute atomic E-state index is 0.0799. The number of halogens is 1. The van der Waals surface area contributed by atoms with Crippen molar-refractivity contribution in [3.05, 3.63) is 83.2 Å². The van der Waals surface area contributed by atoms with Crippen LogP contribution in [0.4, 0.5) is 16.0 Å². The van der Waals surface area contributed by atoms with Gasteiger partial charge >= 0.3 is 0 Å². The van der Waals surface area contributed by atoms with Crippen molar-refractivity contribution >= 4 is 22.5 Å². The molecule has 0 spiro atoms. The number of fused-ring (bicyclic) bond motifs is 1. The van der Waals surface area contributed by atoms with E-state index in [1.807, 2.05) is 13.0 Å². The topological polar surface area (TPSA) is 138 Å². The molecule has 0 saturated carbocycles. The summed E-state index contributed by atoms with van der Waals surface area (Å²) in [6.07, 6.45) is 2.99. The van der Waals surface area contributed by atoms with Gasteiger partial charge in [-0.05, 0) is 30.7 Å². The largest absolute Gasteiger partial charge is 0.383 e. The Morgan fingerprint density at radius 3 is 2.68 bits per heavy atom. The molecule has 3 N–H and O–H groups in total. The van der Waals surface area contributed by atoms with Crippen LogP contribution in [0.15, 0.2) is 70.6 Å². The number of nitrogens with zero attached hydrogens (tertiary/aromatic N) is 6. The third kappa shape index (κ3) is 3.62. The third-order valence-electron chi connectivity index (χ3n) is 5.38. The van der Waals surface area contributed by atoms with E-state index in [1.165, 1.54) is 29.4 Å². The van der Waals surface area contributed by atoms with Crippen molar-refractivity contribution in [1.82, 2.24) is 29.7 Å². The van der Waals surface area contributed by atoms with E-state index in [0.717, 1.165) is 0 Å². The Morgan fingerprint density at radius 2 is 1.94 bits per heavy atom. The van der Waals surface area contributed by atoms with Crippen molar-refractivity contribution in [3.63, 3.8) is 0 Å². The van der Waals surface area contributed by atoms with E-state index in [4.69, 9.17) is 15.2 Å². The second-order valence-electron chi connectivity index (χ2n) is 7.42. The molecule has 1 unspecified atom stereocenters. The minimum Gasteiger partial charge on any atom is -0.383 e. The first-order chi connectivity index (χ1) is 16.6. The maximum absolute atomic E-state index is 14.6. The Bertz CT molecular complexity index is 1520. The molecule has 3 aromatic heterocycles. The lowest BCUT2D eigenvalue weighted by atomic mass is 10.1. The van der Waals surface area contributed by atoms with Crippen LogP contribution in [0, 0.1) is 5.82 Å². The standard InChI is InChI=1S/C23H19FN8O2/c1-2-15(29-20-18(19(25)26-11-27-20)21-28-12-34-31-21)22-30-16-10-6-9-14(24)17(16)23(33)32(22)13-7-4-3-5-8-13/h3-12,15H,2H2,1H3,(H3,25,26,27,29). The molecule has 10 nitrogen and oxygen atoms in total. The van der Waals surface area contributed by atoms with Gasteiger partial charge in [-0.2, -0.15) is 4.98 Å². The van der Waals surface area contributed by atoms with Crippen molar-refractivity contribution in [2.75, 3.05) is 11.1 Å². The summed E-state index contributed by atoms with van der Waals surface area (Å²) in [7, 11) is 0. The first-order valence-electron chi connectivity index (χ1n) is 10.5. The van der Waals surface area contributed by atoms with Crippen LogP contribution in [0.1, 0.15) is 25.2 Å². The highest BCUT2D eigenvalue weighted by Gasteiger charge is 2.24. The predicted molar refractivity (Wildman–Crippen MR) is 124 cm³/mol. The second kappa shape index (κ2) is 8.70. The first-order valence-corrected chi connectivity index (χ1v) is 10.5. The van der Waals surface area contributed by atoms with Crippen LogP contribution >= 0.6 is 0 Å². The van der Waals surface area contributed by atoms with Gasteiger partial charge in [0.25, 0.3) is 5.56 Å². The lowest BCUT2D eigenvalue weighted by Crippen LogP contribution is -2.29. The van der Waals surface area contributed by atoms with Crippen LogP contribution in [0.2, 0.25) is 0 Å². The molecular weight excluding hydrogens is 439 g/mol. The summed E-state index contributed by atoms with van der Waals surface area (Å²) in [5.41, 5.74) is 6.74. The van der Waals surface area contributed by atoms with Gasteiger partial charge in [0.05, 0.1) is 17.2 Å². The van der Waals surface area contributed by atoms with Crippen LogP contribution in [-0.2, 0) is 0 Å². The number of aromatic nitrogens is 6. The van der Waals surface area contributed by atoms with Crippen LogP contribution in [-0.4, -0.2) is 29.7 Å². The van der Waals surface area contributed by atoms with Crippen molar-refractivity contribution in [3.8, 4) is 17.1 Å². The van der Waals surface area contributed by atoms with Crippen molar-refractivity contribution in [1.29, 1.82) is 0 Å². The predicted octanol–water partition coefficient (Wildman–Crippen LogP) is 3.51. The van der Waals surface area contributed by atoms with Crippen molar-refractivity contribution in [2.45, 2.75) is 19.4 Å². The molecule has 0 fully saturated rings. The fourth-order valence-corrected chi connectivity index (χ4v) is 3.79. The molecule has 0 saturated heterocycles. The summed E-state index contributed by atoms with van der Waals surface area (Å²) in [5, 5.41) is 7.06. The Balaban J connectivity index is 1.71. The summed E-state index contributed by atoms with van der Waals surface area (Å²) in [4.78, 5) is 30.6. The fraction of sp³-hybridized carbons (Fsp3) is 0.130. The Labute approximate surface area is 192 Å². The van der Waals surface area contributed by atoms with E-state index in [0.29, 0.717) is 29.3 Å². The highest BCUT2D eigenvalue weighted by molar-refractivity contribution is 5.80. The average molecular weight is 458 g/mol. The Hall–Kier alpha value is -4.67. The Kier molecular flexibility index (Phi) is 5.42. The average Bonchev–Trinajstić information content (AvgIpc) is 3.37. The van der Waals surface area contributed by atoms with Gasteiger partial charge in [-0.1, -0.05) is 36.3 Å². The molecule has 0 bridgehead atoms. The first kappa shape index (κ1) is 21.2. The number of nitrogen functional groups attached to an aromatic ring is 1. The highest BCUT2D eigenvalue weighted by atomic mass is 19.1. The van der Waals surface area contributed by atoms with Crippen molar-refractivity contribution < 1.29 is 8.91 Å². The lowest BCUT2D eigenvalue weighted by molar-refractivity contribution is 0.418. The van der Waals surface area contributed by atoms with E-state index in [2.05, 4.69) is 25.4 Å². The van der Waals surface area contributed by atoms with E-state index in [1.54, 1.807) is 30.3 Å². The van der Waals surface area contributed by atoms with Gasteiger partial charge in [-0.25, -0.2) is 19.3 Å². The van der Waals surface area contributed by atoms with E-state index >= 15 is 0 Å². The third-order valence-corrected chi connectivity index (χ3v) is 5.38. The number of hydrogen-bond acceptors (Lipinski definition) is 9. The minimum atomic E-state index is -0.629. The highest BCUT2D eigenvalue weighted by Crippen LogP contribution is 2.31. The SMILES string of the molecule is CCC(Nc1ncnc(N)c1-c1ncon1)c1nc2cccc(F)c2c(=O)n1-c1ccccc1. The number of para-hydroxylation sites is 1. The molecule has 11 heteroatoms.